The molecule has 0 radical (unpaired) electrons. The molecule has 0 N–H and O–H groups in total. The molecule has 4 heteroatoms. The van der Waals surface area contributed by atoms with Crippen LogP contribution in [0, 0.1) is 11.2 Å². The van der Waals surface area contributed by atoms with Crippen LogP contribution in [0.5, 0.6) is 0 Å². The zero-order valence-corrected chi connectivity index (χ0v) is 14.8. The van der Waals surface area contributed by atoms with Crippen molar-refractivity contribution in [2.75, 3.05) is 0 Å². The fourth-order valence-electron chi connectivity index (χ4n) is 5.15. The van der Waals surface area contributed by atoms with Crippen molar-refractivity contribution < 1.29 is 13.9 Å². The molecule has 130 valence electrons. The molecule has 0 aromatic heterocycles. The number of piperidine rings is 1. The quantitative estimate of drug-likeness (QED) is 0.702. The van der Waals surface area contributed by atoms with Crippen molar-refractivity contribution >= 4 is 6.09 Å². The Morgan fingerprint density at radius 2 is 1.79 bits per heavy atom. The van der Waals surface area contributed by atoms with Crippen molar-refractivity contribution in [1.82, 2.24) is 4.90 Å². The smallest absolute Gasteiger partial charge is 0.410 e. The maximum atomic E-state index is 13.5. The van der Waals surface area contributed by atoms with Crippen molar-refractivity contribution in [2.24, 2.45) is 5.41 Å². The molecule has 3 atom stereocenters. The highest BCUT2D eigenvalue weighted by atomic mass is 19.1. The Morgan fingerprint density at radius 3 is 2.42 bits per heavy atom. The van der Waals surface area contributed by atoms with Gasteiger partial charge < -0.3 is 9.64 Å². The second-order valence-corrected chi connectivity index (χ2v) is 8.95. The van der Waals surface area contributed by atoms with E-state index in [-0.39, 0.29) is 29.4 Å². The molecule has 2 aliphatic heterocycles. The summed E-state index contributed by atoms with van der Waals surface area (Å²) in [7, 11) is 0. The molecule has 1 aromatic rings. The van der Waals surface area contributed by atoms with Crippen molar-refractivity contribution in [3.8, 4) is 0 Å². The zero-order chi connectivity index (χ0) is 17.1. The Hall–Kier alpha value is -1.58. The molecular weight excluding hydrogens is 305 g/mol. The van der Waals surface area contributed by atoms with Crippen LogP contribution < -0.4 is 0 Å². The van der Waals surface area contributed by atoms with Crippen LogP contribution >= 0.6 is 0 Å². The van der Waals surface area contributed by atoms with Crippen LogP contribution in [0.15, 0.2) is 18.2 Å². The molecule has 4 rings (SSSR count). The lowest BCUT2D eigenvalue weighted by atomic mass is 9.73. The predicted molar refractivity (Wildman–Crippen MR) is 90.4 cm³/mol. The van der Waals surface area contributed by atoms with Gasteiger partial charge in [-0.3, -0.25) is 0 Å². The molecule has 1 aliphatic carbocycles. The lowest BCUT2D eigenvalue weighted by Gasteiger charge is -2.45. The van der Waals surface area contributed by atoms with Gasteiger partial charge in [0, 0.05) is 12.1 Å². The van der Waals surface area contributed by atoms with Gasteiger partial charge in [0.2, 0.25) is 0 Å². The van der Waals surface area contributed by atoms with Gasteiger partial charge in [-0.15, -0.1) is 0 Å². The van der Waals surface area contributed by atoms with Crippen molar-refractivity contribution in [3.05, 3.63) is 35.1 Å². The maximum absolute atomic E-state index is 13.5. The molecule has 2 bridgehead atoms. The largest absolute Gasteiger partial charge is 0.444 e. The summed E-state index contributed by atoms with van der Waals surface area (Å²) >= 11 is 0. The van der Waals surface area contributed by atoms with Crippen LogP contribution in [0.25, 0.3) is 0 Å². The van der Waals surface area contributed by atoms with Crippen molar-refractivity contribution in [2.45, 2.75) is 77.0 Å². The molecule has 2 saturated heterocycles. The second kappa shape index (κ2) is 5.21. The number of ether oxygens (including phenoxy) is 1. The van der Waals surface area contributed by atoms with E-state index in [0.29, 0.717) is 0 Å². The number of hydrogen-bond donors (Lipinski definition) is 0. The Kier molecular flexibility index (Phi) is 3.45. The summed E-state index contributed by atoms with van der Waals surface area (Å²) in [6.45, 7) is 5.75. The van der Waals surface area contributed by atoms with Crippen LogP contribution in [0.2, 0.25) is 0 Å². The van der Waals surface area contributed by atoms with E-state index in [1.807, 2.05) is 31.7 Å². The molecular formula is C20H26FNO2. The first kappa shape index (κ1) is 15.9. The summed E-state index contributed by atoms with van der Waals surface area (Å²) < 4.78 is 19.2. The van der Waals surface area contributed by atoms with Crippen molar-refractivity contribution in [3.63, 3.8) is 0 Å². The molecule has 3 aliphatic rings. The SMILES string of the molecule is CC(C)(C)OC(=O)N1[C@@H]2CC[C@H]1C[C@]1(Cc3ccc(F)cc3C1)C2. The number of benzene rings is 1. The number of fused-ring (bicyclic) bond motifs is 3. The van der Waals surface area contributed by atoms with Crippen LogP contribution in [0.1, 0.15) is 57.6 Å². The van der Waals surface area contributed by atoms with Crippen LogP contribution in [0.4, 0.5) is 9.18 Å². The third-order valence-electron chi connectivity index (χ3n) is 5.86. The summed E-state index contributed by atoms with van der Waals surface area (Å²) in [5.74, 6) is -0.139. The summed E-state index contributed by atoms with van der Waals surface area (Å²) in [4.78, 5) is 14.6. The van der Waals surface area contributed by atoms with Gasteiger partial charge in [-0.2, -0.15) is 0 Å². The minimum Gasteiger partial charge on any atom is -0.444 e. The molecule has 0 unspecified atom stereocenters. The maximum Gasteiger partial charge on any atom is 0.410 e. The first-order valence-electron chi connectivity index (χ1n) is 9.03. The first-order chi connectivity index (χ1) is 11.2. The number of nitrogens with zero attached hydrogens (tertiary/aromatic N) is 1. The highest BCUT2D eigenvalue weighted by molar-refractivity contribution is 5.69. The van der Waals surface area contributed by atoms with E-state index in [0.717, 1.165) is 38.5 Å². The molecule has 24 heavy (non-hydrogen) atoms. The predicted octanol–water partition coefficient (Wildman–Crippen LogP) is 4.47. The molecule has 2 fully saturated rings. The first-order valence-corrected chi connectivity index (χ1v) is 9.03. The van der Waals surface area contributed by atoms with Crippen LogP contribution in [-0.4, -0.2) is 28.7 Å². The fraction of sp³-hybridized carbons (Fsp3) is 0.650. The zero-order valence-electron chi connectivity index (χ0n) is 14.8. The van der Waals surface area contributed by atoms with Gasteiger partial charge in [-0.1, -0.05) is 6.07 Å². The molecule has 3 nitrogen and oxygen atoms in total. The van der Waals surface area contributed by atoms with E-state index in [1.54, 1.807) is 12.1 Å². The van der Waals surface area contributed by atoms with E-state index in [1.165, 1.54) is 11.1 Å². The summed E-state index contributed by atoms with van der Waals surface area (Å²) in [5.41, 5.74) is 2.22. The van der Waals surface area contributed by atoms with Crippen LogP contribution in [-0.2, 0) is 17.6 Å². The summed E-state index contributed by atoms with van der Waals surface area (Å²) in [6.07, 6.45) is 5.98. The molecule has 0 saturated carbocycles. The Labute approximate surface area is 143 Å². The average molecular weight is 331 g/mol. The van der Waals surface area contributed by atoms with Gasteiger partial charge in [-0.25, -0.2) is 9.18 Å². The summed E-state index contributed by atoms with van der Waals surface area (Å²) in [5, 5.41) is 0. The minimum absolute atomic E-state index is 0.139. The van der Waals surface area contributed by atoms with E-state index in [9.17, 15) is 9.18 Å². The highest BCUT2D eigenvalue weighted by Gasteiger charge is 2.52. The van der Waals surface area contributed by atoms with Gasteiger partial charge in [-0.05, 0) is 88.0 Å². The lowest BCUT2D eigenvalue weighted by molar-refractivity contribution is -0.0105. The highest BCUT2D eigenvalue weighted by Crippen LogP contribution is 2.52. The Bertz CT molecular complexity index is 665. The molecule has 1 amide bonds. The fourth-order valence-corrected chi connectivity index (χ4v) is 5.15. The number of carbonyl (C=O) groups excluding carboxylic acids is 1. The number of hydrogen-bond acceptors (Lipinski definition) is 2. The van der Waals surface area contributed by atoms with Crippen molar-refractivity contribution in [1.29, 1.82) is 0 Å². The Balaban J connectivity index is 1.52. The van der Waals surface area contributed by atoms with Gasteiger partial charge in [0.05, 0.1) is 0 Å². The molecule has 1 spiro atoms. The van der Waals surface area contributed by atoms with E-state index >= 15 is 0 Å². The molecule has 1 aromatic carbocycles. The van der Waals surface area contributed by atoms with E-state index in [2.05, 4.69) is 0 Å². The lowest BCUT2D eigenvalue weighted by Crippen LogP contribution is -2.52. The third-order valence-corrected chi connectivity index (χ3v) is 5.86. The number of halogens is 1. The normalized spacial score (nSPS) is 31.4. The standard InChI is InChI=1S/C20H26FNO2/c1-19(2,3)24-18(23)22-16-6-7-17(22)12-20(11-16)9-13-4-5-15(21)8-14(13)10-20/h4-5,8,16-17H,6-7,9-12H2,1-3H3/t16-,17+,20+. The van der Waals surface area contributed by atoms with Crippen LogP contribution in [0.3, 0.4) is 0 Å². The van der Waals surface area contributed by atoms with Gasteiger partial charge in [0.15, 0.2) is 0 Å². The third kappa shape index (κ3) is 2.70. The average Bonchev–Trinajstić information content (AvgIpc) is 2.92. The monoisotopic (exact) mass is 331 g/mol. The van der Waals surface area contributed by atoms with E-state index < -0.39 is 5.60 Å². The topological polar surface area (TPSA) is 29.5 Å². The second-order valence-electron chi connectivity index (χ2n) is 8.95. The minimum atomic E-state index is -0.452. The Morgan fingerprint density at radius 1 is 1.17 bits per heavy atom. The van der Waals surface area contributed by atoms with Gasteiger partial charge in [0.1, 0.15) is 11.4 Å². The van der Waals surface area contributed by atoms with Gasteiger partial charge >= 0.3 is 6.09 Å². The number of carbonyl (C=O) groups is 1. The number of rotatable bonds is 0. The summed E-state index contributed by atoms with van der Waals surface area (Å²) in [6, 6.07) is 5.77. The van der Waals surface area contributed by atoms with Gasteiger partial charge in [0.25, 0.3) is 0 Å². The number of amides is 1. The van der Waals surface area contributed by atoms with E-state index in [4.69, 9.17) is 4.74 Å². The molecule has 2 heterocycles.